The van der Waals surface area contributed by atoms with Crippen LogP contribution in [-0.2, 0) is 9.47 Å². The first-order chi connectivity index (χ1) is 8.20. The van der Waals surface area contributed by atoms with Crippen molar-refractivity contribution in [3.05, 3.63) is 0 Å². The van der Waals surface area contributed by atoms with Crippen molar-refractivity contribution in [1.82, 2.24) is 5.32 Å². The monoisotopic (exact) mass is 241 g/mol. The number of rotatable bonds is 8. The lowest BCUT2D eigenvalue weighted by Gasteiger charge is -2.28. The van der Waals surface area contributed by atoms with Crippen LogP contribution in [0.25, 0.3) is 0 Å². The Balaban J connectivity index is 1.67. The van der Waals surface area contributed by atoms with Crippen molar-refractivity contribution in [2.75, 3.05) is 33.0 Å². The SMILES string of the molecule is CC(C)COCCC1(CNC2CC2)CCOC1. The molecule has 2 fully saturated rings. The molecule has 0 radical (unpaired) electrons. The molecule has 17 heavy (non-hydrogen) atoms. The summed E-state index contributed by atoms with van der Waals surface area (Å²) >= 11 is 0. The number of hydrogen-bond acceptors (Lipinski definition) is 3. The molecule has 1 saturated heterocycles. The molecule has 1 atom stereocenters. The van der Waals surface area contributed by atoms with E-state index in [9.17, 15) is 0 Å². The third kappa shape index (κ3) is 4.57. The molecule has 1 aliphatic heterocycles. The second-order valence-corrected chi connectivity index (χ2v) is 6.18. The average molecular weight is 241 g/mol. The van der Waals surface area contributed by atoms with Gasteiger partial charge in [-0.2, -0.15) is 0 Å². The Kier molecular flexibility index (Phi) is 4.83. The van der Waals surface area contributed by atoms with Gasteiger partial charge in [0.25, 0.3) is 0 Å². The van der Waals surface area contributed by atoms with Crippen LogP contribution in [0.4, 0.5) is 0 Å². The van der Waals surface area contributed by atoms with E-state index in [0.717, 1.165) is 45.4 Å². The van der Waals surface area contributed by atoms with E-state index in [1.807, 2.05) is 0 Å². The van der Waals surface area contributed by atoms with Gasteiger partial charge in [0.05, 0.1) is 6.61 Å². The summed E-state index contributed by atoms with van der Waals surface area (Å²) in [6.07, 6.45) is 5.05. The van der Waals surface area contributed by atoms with Crippen LogP contribution in [-0.4, -0.2) is 39.0 Å². The lowest BCUT2D eigenvalue weighted by atomic mass is 9.84. The summed E-state index contributed by atoms with van der Waals surface area (Å²) in [4.78, 5) is 0. The smallest absolute Gasteiger partial charge is 0.0536 e. The Labute approximate surface area is 105 Å². The molecule has 2 rings (SSSR count). The molecule has 3 heteroatoms. The Bertz CT molecular complexity index is 220. The first kappa shape index (κ1) is 13.3. The summed E-state index contributed by atoms with van der Waals surface area (Å²) in [5.74, 6) is 0.635. The third-order valence-corrected chi connectivity index (χ3v) is 3.76. The van der Waals surface area contributed by atoms with Crippen LogP contribution in [0.1, 0.15) is 39.5 Å². The maximum absolute atomic E-state index is 5.72. The zero-order valence-electron chi connectivity index (χ0n) is 11.3. The third-order valence-electron chi connectivity index (χ3n) is 3.76. The Morgan fingerprint density at radius 1 is 1.41 bits per heavy atom. The molecule has 0 aromatic heterocycles. The van der Waals surface area contributed by atoms with E-state index in [1.165, 1.54) is 19.3 Å². The summed E-state index contributed by atoms with van der Waals surface area (Å²) in [7, 11) is 0. The number of hydrogen-bond donors (Lipinski definition) is 1. The van der Waals surface area contributed by atoms with E-state index < -0.39 is 0 Å². The van der Waals surface area contributed by atoms with Gasteiger partial charge in [0, 0.05) is 37.8 Å². The first-order valence-electron chi connectivity index (χ1n) is 7.09. The van der Waals surface area contributed by atoms with Crippen molar-refractivity contribution in [2.45, 2.75) is 45.6 Å². The number of nitrogens with one attached hydrogen (secondary N) is 1. The minimum absolute atomic E-state index is 0.347. The molecule has 100 valence electrons. The predicted molar refractivity (Wildman–Crippen MR) is 69.2 cm³/mol. The summed E-state index contributed by atoms with van der Waals surface area (Å²) in [6, 6.07) is 0.795. The Hall–Kier alpha value is -0.120. The van der Waals surface area contributed by atoms with E-state index in [4.69, 9.17) is 9.47 Å². The van der Waals surface area contributed by atoms with Crippen LogP contribution in [0, 0.1) is 11.3 Å². The maximum Gasteiger partial charge on any atom is 0.0536 e. The van der Waals surface area contributed by atoms with Crippen LogP contribution in [0.15, 0.2) is 0 Å². The largest absolute Gasteiger partial charge is 0.381 e. The molecule has 0 aromatic carbocycles. The summed E-state index contributed by atoms with van der Waals surface area (Å²) < 4.78 is 11.3. The lowest BCUT2D eigenvalue weighted by Crippen LogP contribution is -2.37. The van der Waals surface area contributed by atoms with E-state index in [2.05, 4.69) is 19.2 Å². The maximum atomic E-state index is 5.72. The summed E-state index contributed by atoms with van der Waals surface area (Å²) in [6.45, 7) is 9.12. The van der Waals surface area contributed by atoms with Gasteiger partial charge in [0.15, 0.2) is 0 Å². The molecule has 1 unspecified atom stereocenters. The fourth-order valence-corrected chi connectivity index (χ4v) is 2.33. The molecule has 2 aliphatic rings. The summed E-state index contributed by atoms with van der Waals surface area (Å²) in [5, 5.41) is 3.65. The van der Waals surface area contributed by atoms with Crippen LogP contribution in [0.2, 0.25) is 0 Å². The second kappa shape index (κ2) is 6.17. The van der Waals surface area contributed by atoms with Gasteiger partial charge >= 0.3 is 0 Å². The van der Waals surface area contributed by atoms with E-state index >= 15 is 0 Å². The Morgan fingerprint density at radius 3 is 2.82 bits per heavy atom. The van der Waals surface area contributed by atoms with Crippen molar-refractivity contribution in [1.29, 1.82) is 0 Å². The van der Waals surface area contributed by atoms with Crippen LogP contribution in [0.5, 0.6) is 0 Å². The average Bonchev–Trinajstić information content (AvgIpc) is 3.02. The van der Waals surface area contributed by atoms with Gasteiger partial charge in [0.2, 0.25) is 0 Å². The highest BCUT2D eigenvalue weighted by molar-refractivity contribution is 4.89. The highest BCUT2D eigenvalue weighted by Crippen LogP contribution is 2.33. The highest BCUT2D eigenvalue weighted by Gasteiger charge is 2.36. The number of ether oxygens (including phenoxy) is 2. The molecule has 3 nitrogen and oxygen atoms in total. The molecule has 1 saturated carbocycles. The fourth-order valence-electron chi connectivity index (χ4n) is 2.33. The van der Waals surface area contributed by atoms with Gasteiger partial charge in [0.1, 0.15) is 0 Å². The normalized spacial score (nSPS) is 29.1. The molecule has 0 aromatic rings. The van der Waals surface area contributed by atoms with E-state index in [0.29, 0.717) is 11.3 Å². The Morgan fingerprint density at radius 2 is 2.24 bits per heavy atom. The molecule has 0 spiro atoms. The van der Waals surface area contributed by atoms with E-state index in [-0.39, 0.29) is 0 Å². The van der Waals surface area contributed by atoms with Crippen molar-refractivity contribution >= 4 is 0 Å². The van der Waals surface area contributed by atoms with Crippen molar-refractivity contribution in [2.24, 2.45) is 11.3 Å². The molecule has 1 N–H and O–H groups in total. The fraction of sp³-hybridized carbons (Fsp3) is 1.00. The van der Waals surface area contributed by atoms with Gasteiger partial charge in [-0.05, 0) is 31.6 Å². The second-order valence-electron chi connectivity index (χ2n) is 6.18. The topological polar surface area (TPSA) is 30.5 Å². The molecule has 0 amide bonds. The molecule has 1 aliphatic carbocycles. The standard InChI is InChI=1S/C14H27NO2/c1-12(2)9-16-7-5-14(6-8-17-11-14)10-15-13-3-4-13/h12-13,15H,3-11H2,1-2H3. The van der Waals surface area contributed by atoms with Crippen LogP contribution in [0.3, 0.4) is 0 Å². The molecule has 0 bridgehead atoms. The van der Waals surface area contributed by atoms with Crippen LogP contribution < -0.4 is 5.32 Å². The zero-order valence-corrected chi connectivity index (χ0v) is 11.3. The quantitative estimate of drug-likeness (QED) is 0.661. The van der Waals surface area contributed by atoms with Crippen molar-refractivity contribution in [3.8, 4) is 0 Å². The molecule has 1 heterocycles. The highest BCUT2D eigenvalue weighted by atomic mass is 16.5. The minimum Gasteiger partial charge on any atom is -0.381 e. The summed E-state index contributed by atoms with van der Waals surface area (Å²) in [5.41, 5.74) is 0.347. The van der Waals surface area contributed by atoms with Crippen molar-refractivity contribution in [3.63, 3.8) is 0 Å². The minimum atomic E-state index is 0.347. The van der Waals surface area contributed by atoms with Crippen molar-refractivity contribution < 1.29 is 9.47 Å². The zero-order chi connectivity index (χ0) is 12.1. The predicted octanol–water partition coefficient (Wildman–Crippen LogP) is 2.21. The van der Waals surface area contributed by atoms with E-state index in [1.54, 1.807) is 0 Å². The first-order valence-corrected chi connectivity index (χ1v) is 7.09. The van der Waals surface area contributed by atoms with Gasteiger partial charge < -0.3 is 14.8 Å². The van der Waals surface area contributed by atoms with Gasteiger partial charge in [-0.3, -0.25) is 0 Å². The molecular formula is C14H27NO2. The van der Waals surface area contributed by atoms with Gasteiger partial charge in [-0.1, -0.05) is 13.8 Å². The van der Waals surface area contributed by atoms with Crippen LogP contribution >= 0.6 is 0 Å². The molecular weight excluding hydrogens is 214 g/mol. The van der Waals surface area contributed by atoms with Gasteiger partial charge in [-0.15, -0.1) is 0 Å². The lowest BCUT2D eigenvalue weighted by molar-refractivity contribution is 0.0672. The van der Waals surface area contributed by atoms with Gasteiger partial charge in [-0.25, -0.2) is 0 Å².